The van der Waals surface area contributed by atoms with Crippen molar-refractivity contribution in [1.29, 1.82) is 0 Å². The number of methoxy groups -OCH3 is 1. The van der Waals surface area contributed by atoms with Crippen molar-refractivity contribution in [2.24, 2.45) is 0 Å². The van der Waals surface area contributed by atoms with E-state index in [-0.39, 0.29) is 0 Å². The number of fused-ring (bicyclic) bond motifs is 1. The van der Waals surface area contributed by atoms with Crippen molar-refractivity contribution in [2.45, 2.75) is 0 Å². The number of hydrogen-bond donors (Lipinski definition) is 2. The zero-order chi connectivity index (χ0) is 14.8. The second kappa shape index (κ2) is 5.61. The molecular weight excluding hydrogens is 330 g/mol. The van der Waals surface area contributed by atoms with Gasteiger partial charge in [0, 0.05) is 27.4 Å². The lowest BCUT2D eigenvalue weighted by Crippen LogP contribution is -1.96. The first kappa shape index (κ1) is 13.7. The number of pyridine rings is 1. The summed E-state index contributed by atoms with van der Waals surface area (Å²) >= 11 is 3.42. The van der Waals surface area contributed by atoms with E-state index >= 15 is 0 Å². The molecule has 21 heavy (non-hydrogen) atoms. The van der Waals surface area contributed by atoms with Crippen LogP contribution < -0.4 is 15.8 Å². The molecule has 5 heteroatoms. The van der Waals surface area contributed by atoms with E-state index in [1.165, 1.54) is 0 Å². The Hall–Kier alpha value is -2.27. The fourth-order valence-corrected chi connectivity index (χ4v) is 2.48. The number of nitrogens with two attached hydrogens (primary N) is 1. The summed E-state index contributed by atoms with van der Waals surface area (Å²) in [4.78, 5) is 4.46. The molecule has 0 saturated heterocycles. The van der Waals surface area contributed by atoms with Gasteiger partial charge in [-0.15, -0.1) is 0 Å². The van der Waals surface area contributed by atoms with Crippen molar-refractivity contribution in [2.75, 3.05) is 18.2 Å². The Balaban J connectivity index is 2.02. The van der Waals surface area contributed by atoms with Crippen LogP contribution in [0.1, 0.15) is 0 Å². The first-order valence-corrected chi connectivity index (χ1v) is 7.21. The van der Waals surface area contributed by atoms with Gasteiger partial charge < -0.3 is 15.8 Å². The average Bonchev–Trinajstić information content (AvgIpc) is 2.51. The Morgan fingerprint density at radius 1 is 1.14 bits per heavy atom. The van der Waals surface area contributed by atoms with Gasteiger partial charge in [-0.3, -0.25) is 4.98 Å². The molecule has 1 aromatic heterocycles. The molecule has 2 aromatic carbocycles. The standard InChI is InChI=1S/C16H14BrN3O/c1-21-12-4-2-11(3-5-12)20-15-7-6-14(18)13-8-10(17)9-19-16(13)15/h2-9,20H,18H2,1H3. The van der Waals surface area contributed by atoms with Crippen molar-refractivity contribution in [1.82, 2.24) is 4.98 Å². The number of hydrogen-bond acceptors (Lipinski definition) is 4. The maximum Gasteiger partial charge on any atom is 0.119 e. The molecule has 4 nitrogen and oxygen atoms in total. The van der Waals surface area contributed by atoms with Gasteiger partial charge >= 0.3 is 0 Å². The lowest BCUT2D eigenvalue weighted by molar-refractivity contribution is 0.415. The van der Waals surface area contributed by atoms with Crippen LogP contribution in [-0.4, -0.2) is 12.1 Å². The van der Waals surface area contributed by atoms with Crippen LogP contribution in [0.3, 0.4) is 0 Å². The van der Waals surface area contributed by atoms with Gasteiger partial charge in [0.2, 0.25) is 0 Å². The maximum atomic E-state index is 6.02. The molecule has 0 atom stereocenters. The van der Waals surface area contributed by atoms with Crippen LogP contribution in [0.2, 0.25) is 0 Å². The third-order valence-corrected chi connectivity index (χ3v) is 3.65. The van der Waals surface area contributed by atoms with E-state index in [1.54, 1.807) is 13.3 Å². The third-order valence-electron chi connectivity index (χ3n) is 3.22. The fraction of sp³-hybridized carbons (Fsp3) is 0.0625. The second-order valence-corrected chi connectivity index (χ2v) is 5.52. The molecule has 0 radical (unpaired) electrons. The van der Waals surface area contributed by atoms with E-state index in [4.69, 9.17) is 10.5 Å². The summed E-state index contributed by atoms with van der Waals surface area (Å²) in [5, 5.41) is 4.28. The van der Waals surface area contributed by atoms with Crippen LogP contribution in [0.5, 0.6) is 5.75 Å². The second-order valence-electron chi connectivity index (χ2n) is 4.61. The molecule has 0 amide bonds. The highest BCUT2D eigenvalue weighted by Gasteiger charge is 2.07. The molecule has 0 bridgehead atoms. The predicted octanol–water partition coefficient (Wildman–Crippen LogP) is 4.33. The number of anilines is 3. The highest BCUT2D eigenvalue weighted by Crippen LogP contribution is 2.31. The minimum atomic E-state index is 0.707. The van der Waals surface area contributed by atoms with Crippen LogP contribution >= 0.6 is 15.9 Å². The lowest BCUT2D eigenvalue weighted by atomic mass is 10.1. The lowest BCUT2D eigenvalue weighted by Gasteiger charge is -2.11. The molecule has 3 rings (SSSR count). The van der Waals surface area contributed by atoms with Crippen molar-refractivity contribution in [3.8, 4) is 5.75 Å². The third kappa shape index (κ3) is 2.78. The van der Waals surface area contributed by atoms with E-state index in [2.05, 4.69) is 26.2 Å². The van der Waals surface area contributed by atoms with E-state index in [0.29, 0.717) is 5.69 Å². The predicted molar refractivity (Wildman–Crippen MR) is 90.1 cm³/mol. The minimum absolute atomic E-state index is 0.707. The molecule has 106 valence electrons. The number of halogens is 1. The van der Waals surface area contributed by atoms with Crippen molar-refractivity contribution < 1.29 is 4.74 Å². The van der Waals surface area contributed by atoms with Gasteiger partial charge in [0.15, 0.2) is 0 Å². The Labute approximate surface area is 131 Å². The van der Waals surface area contributed by atoms with Gasteiger partial charge in [0.05, 0.1) is 18.3 Å². The van der Waals surface area contributed by atoms with Gasteiger partial charge in [0.25, 0.3) is 0 Å². The fourth-order valence-electron chi connectivity index (χ4n) is 2.15. The van der Waals surface area contributed by atoms with Crippen LogP contribution in [0, 0.1) is 0 Å². The number of benzene rings is 2. The normalized spacial score (nSPS) is 10.6. The Bertz CT molecular complexity index is 787. The van der Waals surface area contributed by atoms with Gasteiger partial charge in [-0.25, -0.2) is 0 Å². The summed E-state index contributed by atoms with van der Waals surface area (Å²) in [5.74, 6) is 0.824. The average molecular weight is 344 g/mol. The minimum Gasteiger partial charge on any atom is -0.497 e. The van der Waals surface area contributed by atoms with Crippen molar-refractivity contribution in [3.63, 3.8) is 0 Å². The Morgan fingerprint density at radius 2 is 1.90 bits per heavy atom. The van der Waals surface area contributed by atoms with Gasteiger partial charge in [-0.2, -0.15) is 0 Å². The number of nitrogen functional groups attached to an aromatic ring is 1. The van der Waals surface area contributed by atoms with E-state index in [0.717, 1.165) is 32.5 Å². The summed E-state index contributed by atoms with van der Waals surface area (Å²) < 4.78 is 6.06. The summed E-state index contributed by atoms with van der Waals surface area (Å²) in [6, 6.07) is 13.5. The monoisotopic (exact) mass is 343 g/mol. The zero-order valence-electron chi connectivity index (χ0n) is 11.4. The first-order chi connectivity index (χ1) is 10.2. The molecule has 0 fully saturated rings. The number of rotatable bonds is 3. The SMILES string of the molecule is COc1ccc(Nc2ccc(N)c3cc(Br)cnc23)cc1. The highest BCUT2D eigenvalue weighted by molar-refractivity contribution is 9.10. The van der Waals surface area contributed by atoms with Crippen molar-refractivity contribution in [3.05, 3.63) is 53.1 Å². The van der Waals surface area contributed by atoms with E-state index in [1.807, 2.05) is 42.5 Å². The summed E-state index contributed by atoms with van der Waals surface area (Å²) in [6.45, 7) is 0. The van der Waals surface area contributed by atoms with Crippen molar-refractivity contribution >= 4 is 43.9 Å². The maximum absolute atomic E-state index is 6.02. The number of aromatic nitrogens is 1. The topological polar surface area (TPSA) is 60.2 Å². The van der Waals surface area contributed by atoms with Gasteiger partial charge in [-0.05, 0) is 58.4 Å². The zero-order valence-corrected chi connectivity index (χ0v) is 13.0. The van der Waals surface area contributed by atoms with Crippen LogP contribution in [0.25, 0.3) is 10.9 Å². The van der Waals surface area contributed by atoms with Gasteiger partial charge in [0.1, 0.15) is 5.75 Å². The van der Waals surface area contributed by atoms with E-state index in [9.17, 15) is 0 Å². The summed E-state index contributed by atoms with van der Waals surface area (Å²) in [5.41, 5.74) is 9.45. The molecule has 0 aliphatic rings. The van der Waals surface area contributed by atoms with E-state index < -0.39 is 0 Å². The summed E-state index contributed by atoms with van der Waals surface area (Å²) in [7, 11) is 1.65. The summed E-state index contributed by atoms with van der Waals surface area (Å²) in [6.07, 6.45) is 1.76. The Morgan fingerprint density at radius 3 is 2.62 bits per heavy atom. The molecular formula is C16H14BrN3O. The van der Waals surface area contributed by atoms with Crippen LogP contribution in [-0.2, 0) is 0 Å². The van der Waals surface area contributed by atoms with Crippen LogP contribution in [0.15, 0.2) is 53.1 Å². The Kier molecular flexibility index (Phi) is 3.66. The highest BCUT2D eigenvalue weighted by atomic mass is 79.9. The quantitative estimate of drug-likeness (QED) is 0.694. The molecule has 0 aliphatic heterocycles. The number of nitrogens with zero attached hydrogens (tertiary/aromatic N) is 1. The molecule has 3 aromatic rings. The first-order valence-electron chi connectivity index (χ1n) is 6.42. The molecule has 1 heterocycles. The molecule has 0 saturated carbocycles. The number of nitrogens with one attached hydrogen (secondary N) is 1. The molecule has 0 aliphatic carbocycles. The van der Waals surface area contributed by atoms with Crippen LogP contribution in [0.4, 0.5) is 17.1 Å². The molecule has 0 spiro atoms. The van der Waals surface area contributed by atoms with Gasteiger partial charge in [-0.1, -0.05) is 0 Å². The largest absolute Gasteiger partial charge is 0.497 e. The molecule has 0 unspecified atom stereocenters. The molecule has 3 N–H and O–H groups in total. The smallest absolute Gasteiger partial charge is 0.119 e. The number of ether oxygens (including phenoxy) is 1.